The summed E-state index contributed by atoms with van der Waals surface area (Å²) in [6.45, 7) is 2.82. The number of aromatic nitrogens is 2. The maximum Gasteiger partial charge on any atom is 0.231 e. The van der Waals surface area contributed by atoms with E-state index >= 15 is 0 Å². The van der Waals surface area contributed by atoms with Gasteiger partial charge in [0.25, 0.3) is 0 Å². The molecule has 2 N–H and O–H groups in total. The Morgan fingerprint density at radius 3 is 2.64 bits per heavy atom. The fourth-order valence-corrected chi connectivity index (χ4v) is 5.34. The molecule has 2 aromatic carbocycles. The molecule has 3 aromatic rings. The predicted molar refractivity (Wildman–Crippen MR) is 141 cm³/mol. The third-order valence-electron chi connectivity index (χ3n) is 6.45. The Morgan fingerprint density at radius 2 is 1.89 bits per heavy atom. The van der Waals surface area contributed by atoms with Gasteiger partial charge < -0.3 is 20.3 Å². The van der Waals surface area contributed by atoms with Crippen molar-refractivity contribution in [3.63, 3.8) is 0 Å². The number of ether oxygens (including phenoxy) is 1. The van der Waals surface area contributed by atoms with E-state index in [-0.39, 0.29) is 24.3 Å². The summed E-state index contributed by atoms with van der Waals surface area (Å²) < 4.78 is 5.77. The first-order valence-corrected chi connectivity index (χ1v) is 13.3. The van der Waals surface area contributed by atoms with E-state index in [1.54, 1.807) is 4.90 Å². The van der Waals surface area contributed by atoms with Crippen molar-refractivity contribution in [1.82, 2.24) is 15.5 Å². The van der Waals surface area contributed by atoms with Gasteiger partial charge in [-0.1, -0.05) is 47.2 Å². The lowest BCUT2D eigenvalue weighted by molar-refractivity contribution is -0.122. The molecule has 5 rings (SSSR count). The smallest absolute Gasteiger partial charge is 0.231 e. The van der Waals surface area contributed by atoms with Gasteiger partial charge in [0.2, 0.25) is 16.9 Å². The van der Waals surface area contributed by atoms with Gasteiger partial charge in [0.05, 0.1) is 18.6 Å². The number of aryl methyl sites for hydroxylation is 2. The second-order valence-corrected chi connectivity index (χ2v) is 10.6. The van der Waals surface area contributed by atoms with Crippen LogP contribution in [0.15, 0.2) is 48.5 Å². The number of amides is 2. The normalized spacial score (nSPS) is 20.0. The summed E-state index contributed by atoms with van der Waals surface area (Å²) in [7, 11) is 0. The number of nitrogens with one attached hydrogen (secondary N) is 2. The average molecular weight is 526 g/mol. The zero-order chi connectivity index (χ0) is 24.9. The Hall–Kier alpha value is -2.85. The molecule has 2 amide bonds. The zero-order valence-corrected chi connectivity index (χ0v) is 21.4. The molecule has 2 unspecified atom stereocenters. The molecule has 188 valence electrons. The van der Waals surface area contributed by atoms with E-state index in [9.17, 15) is 9.59 Å². The number of anilines is 2. The molecule has 0 aliphatic carbocycles. The van der Waals surface area contributed by atoms with Crippen LogP contribution in [0.2, 0.25) is 5.02 Å². The van der Waals surface area contributed by atoms with Crippen LogP contribution < -0.4 is 15.5 Å². The highest BCUT2D eigenvalue weighted by molar-refractivity contribution is 7.15. The SMILES string of the molecule is O=C(Nc1nnc(CCc2ccc(Cl)cc2)s1)C1CC(=O)N(c2ccc(CC3CNCCO3)cc2)C1. The van der Waals surface area contributed by atoms with E-state index in [4.69, 9.17) is 16.3 Å². The summed E-state index contributed by atoms with van der Waals surface area (Å²) in [5.74, 6) is -0.686. The molecular formula is C26H28ClN5O3S. The van der Waals surface area contributed by atoms with Crippen LogP contribution >= 0.6 is 22.9 Å². The topological polar surface area (TPSA) is 96.5 Å². The third-order valence-corrected chi connectivity index (χ3v) is 7.60. The number of hydrogen-bond donors (Lipinski definition) is 2. The Morgan fingerprint density at radius 1 is 1.11 bits per heavy atom. The van der Waals surface area contributed by atoms with Crippen LogP contribution in [0.3, 0.4) is 0 Å². The largest absolute Gasteiger partial charge is 0.375 e. The van der Waals surface area contributed by atoms with E-state index in [2.05, 4.69) is 20.8 Å². The monoisotopic (exact) mass is 525 g/mol. The molecule has 2 fully saturated rings. The number of morpholine rings is 1. The molecule has 0 radical (unpaired) electrons. The van der Waals surface area contributed by atoms with E-state index in [1.165, 1.54) is 11.3 Å². The van der Waals surface area contributed by atoms with Gasteiger partial charge in [-0.25, -0.2) is 0 Å². The van der Waals surface area contributed by atoms with Crippen molar-refractivity contribution < 1.29 is 14.3 Å². The van der Waals surface area contributed by atoms with Crippen molar-refractivity contribution in [1.29, 1.82) is 0 Å². The molecule has 1 aromatic heterocycles. The first kappa shape index (κ1) is 24.8. The number of carbonyl (C=O) groups is 2. The number of rotatable bonds is 8. The Balaban J connectivity index is 1.12. The lowest BCUT2D eigenvalue weighted by Gasteiger charge is -2.24. The van der Waals surface area contributed by atoms with Gasteiger partial charge >= 0.3 is 0 Å². The van der Waals surface area contributed by atoms with E-state index in [0.717, 1.165) is 60.8 Å². The second-order valence-electron chi connectivity index (χ2n) is 9.09. The van der Waals surface area contributed by atoms with Gasteiger partial charge in [0.15, 0.2) is 0 Å². The Bertz CT molecular complexity index is 1200. The summed E-state index contributed by atoms with van der Waals surface area (Å²) >= 11 is 7.30. The maximum absolute atomic E-state index is 12.8. The molecule has 2 atom stereocenters. The van der Waals surface area contributed by atoms with Crippen LogP contribution in [0.25, 0.3) is 0 Å². The zero-order valence-electron chi connectivity index (χ0n) is 19.8. The molecule has 8 nitrogen and oxygen atoms in total. The molecule has 10 heteroatoms. The van der Waals surface area contributed by atoms with Gasteiger partial charge in [-0.05, 0) is 48.2 Å². The van der Waals surface area contributed by atoms with Crippen LogP contribution in [0, 0.1) is 5.92 Å². The average Bonchev–Trinajstić information content (AvgIpc) is 3.51. The van der Waals surface area contributed by atoms with Crippen molar-refractivity contribution >= 4 is 45.6 Å². The summed E-state index contributed by atoms with van der Waals surface area (Å²) in [5.41, 5.74) is 3.13. The Kier molecular flexibility index (Phi) is 7.91. The molecule has 0 bridgehead atoms. The lowest BCUT2D eigenvalue weighted by Crippen LogP contribution is -2.39. The molecule has 0 saturated carbocycles. The first-order chi connectivity index (χ1) is 17.5. The van der Waals surface area contributed by atoms with Crippen molar-refractivity contribution in [2.45, 2.75) is 31.8 Å². The minimum absolute atomic E-state index is 0.0522. The molecule has 0 spiro atoms. The number of hydrogen-bond acceptors (Lipinski definition) is 7. The minimum atomic E-state index is -0.430. The van der Waals surface area contributed by atoms with Gasteiger partial charge in [-0.2, -0.15) is 0 Å². The number of nitrogens with zero attached hydrogens (tertiary/aromatic N) is 3. The van der Waals surface area contributed by atoms with Crippen LogP contribution in [0.5, 0.6) is 0 Å². The van der Waals surface area contributed by atoms with Crippen molar-refractivity contribution in [3.05, 3.63) is 69.7 Å². The molecule has 36 heavy (non-hydrogen) atoms. The molecule has 2 saturated heterocycles. The minimum Gasteiger partial charge on any atom is -0.375 e. The Labute approximate surface area is 219 Å². The standard InChI is InChI=1S/C26H28ClN5O3S/c27-20-6-1-17(2-7-20)5-10-23-30-31-26(36-23)29-25(34)19-14-24(33)32(16-19)21-8-3-18(4-9-21)13-22-15-28-11-12-35-22/h1-4,6-9,19,22,28H,5,10-16H2,(H,29,31,34). The maximum atomic E-state index is 12.8. The molecule has 2 aliphatic rings. The highest BCUT2D eigenvalue weighted by atomic mass is 35.5. The van der Waals surface area contributed by atoms with Crippen LogP contribution in [0.1, 0.15) is 22.6 Å². The summed E-state index contributed by atoms with van der Waals surface area (Å²) in [6.07, 6.45) is 2.72. The number of benzene rings is 2. The summed E-state index contributed by atoms with van der Waals surface area (Å²) in [4.78, 5) is 27.2. The molecule has 2 aliphatic heterocycles. The fraction of sp³-hybridized carbons (Fsp3) is 0.385. The quantitative estimate of drug-likeness (QED) is 0.467. The summed E-state index contributed by atoms with van der Waals surface area (Å²) in [5, 5.41) is 16.5. The van der Waals surface area contributed by atoms with E-state index in [0.29, 0.717) is 16.7 Å². The van der Waals surface area contributed by atoms with Gasteiger partial charge in [-0.3, -0.25) is 9.59 Å². The predicted octanol–water partition coefficient (Wildman–Crippen LogP) is 3.50. The highest BCUT2D eigenvalue weighted by Crippen LogP contribution is 2.27. The lowest BCUT2D eigenvalue weighted by atomic mass is 10.1. The highest BCUT2D eigenvalue weighted by Gasteiger charge is 2.35. The third kappa shape index (κ3) is 6.28. The van der Waals surface area contributed by atoms with Gasteiger partial charge in [0, 0.05) is 43.2 Å². The van der Waals surface area contributed by atoms with E-state index < -0.39 is 5.92 Å². The van der Waals surface area contributed by atoms with Crippen LogP contribution in [-0.4, -0.2) is 54.4 Å². The number of carbonyl (C=O) groups excluding carboxylic acids is 2. The second kappa shape index (κ2) is 11.5. The van der Waals surface area contributed by atoms with Gasteiger partial charge in [-0.15, -0.1) is 10.2 Å². The molecule has 3 heterocycles. The van der Waals surface area contributed by atoms with Crippen molar-refractivity contribution in [3.8, 4) is 0 Å². The van der Waals surface area contributed by atoms with Gasteiger partial charge in [0.1, 0.15) is 5.01 Å². The summed E-state index contributed by atoms with van der Waals surface area (Å²) in [6, 6.07) is 15.7. The van der Waals surface area contributed by atoms with Crippen LogP contribution in [0.4, 0.5) is 10.8 Å². The van der Waals surface area contributed by atoms with Crippen molar-refractivity contribution in [2.75, 3.05) is 36.5 Å². The first-order valence-electron chi connectivity index (χ1n) is 12.1. The number of halogens is 1. The van der Waals surface area contributed by atoms with Crippen molar-refractivity contribution in [2.24, 2.45) is 5.92 Å². The molecular weight excluding hydrogens is 498 g/mol. The van der Waals surface area contributed by atoms with E-state index in [1.807, 2.05) is 48.5 Å². The fourth-order valence-electron chi connectivity index (χ4n) is 4.47. The van der Waals surface area contributed by atoms with Crippen LogP contribution in [-0.2, 0) is 33.6 Å².